The Morgan fingerprint density at radius 2 is 2.07 bits per heavy atom. The zero-order chi connectivity index (χ0) is 10.8. The lowest BCUT2D eigenvalue weighted by Crippen LogP contribution is -2.34. The summed E-state index contributed by atoms with van der Waals surface area (Å²) in [6.45, 7) is 3.92. The van der Waals surface area contributed by atoms with Gasteiger partial charge >= 0.3 is 0 Å². The molecule has 0 aliphatic heterocycles. The van der Waals surface area contributed by atoms with Crippen molar-refractivity contribution in [3.8, 4) is 0 Å². The van der Waals surface area contributed by atoms with Crippen molar-refractivity contribution in [1.82, 2.24) is 4.72 Å². The van der Waals surface area contributed by atoms with E-state index in [1.165, 1.54) is 0 Å². The maximum absolute atomic E-state index is 11.4. The van der Waals surface area contributed by atoms with Crippen molar-refractivity contribution in [2.24, 2.45) is 11.7 Å². The van der Waals surface area contributed by atoms with Gasteiger partial charge in [0, 0.05) is 12.6 Å². The molecule has 0 unspecified atom stereocenters. The van der Waals surface area contributed by atoms with Gasteiger partial charge < -0.3 is 5.73 Å². The molecule has 0 bridgehead atoms. The molecule has 0 aromatic carbocycles. The van der Waals surface area contributed by atoms with Crippen LogP contribution in [0.3, 0.4) is 0 Å². The van der Waals surface area contributed by atoms with Crippen molar-refractivity contribution in [2.45, 2.75) is 44.4 Å². The zero-order valence-electron chi connectivity index (χ0n) is 8.86. The van der Waals surface area contributed by atoms with Crippen molar-refractivity contribution in [3.63, 3.8) is 0 Å². The molecule has 1 rings (SSSR count). The van der Waals surface area contributed by atoms with Gasteiger partial charge in [-0.25, -0.2) is 13.1 Å². The number of nitrogens with two attached hydrogens (primary N) is 1. The average Bonchev–Trinajstić information content (AvgIpc) is 2.48. The van der Waals surface area contributed by atoms with E-state index in [1.807, 2.05) is 0 Å². The van der Waals surface area contributed by atoms with Gasteiger partial charge in [0.25, 0.3) is 0 Å². The second-order valence-electron chi connectivity index (χ2n) is 4.38. The molecule has 5 heteroatoms. The topological polar surface area (TPSA) is 72.2 Å². The van der Waals surface area contributed by atoms with Crippen LogP contribution in [0.5, 0.6) is 0 Å². The van der Waals surface area contributed by atoms with Gasteiger partial charge in [0.15, 0.2) is 0 Å². The molecular weight excluding hydrogens is 200 g/mol. The molecule has 84 valence electrons. The molecule has 0 spiro atoms. The Morgan fingerprint density at radius 1 is 1.43 bits per heavy atom. The van der Waals surface area contributed by atoms with Crippen molar-refractivity contribution in [3.05, 3.63) is 0 Å². The predicted molar refractivity (Wildman–Crippen MR) is 57.4 cm³/mol. The highest BCUT2D eigenvalue weighted by atomic mass is 32.2. The van der Waals surface area contributed by atoms with Crippen LogP contribution in [0.4, 0.5) is 0 Å². The minimum absolute atomic E-state index is 0.267. The molecule has 0 aromatic heterocycles. The SMILES string of the molecule is CC(C)S(=O)(=O)NC[C@@H]1CC[C@H](N)C1. The summed E-state index contributed by atoms with van der Waals surface area (Å²) in [7, 11) is -3.09. The Morgan fingerprint density at radius 3 is 2.50 bits per heavy atom. The Labute approximate surface area is 86.3 Å². The van der Waals surface area contributed by atoms with Crippen molar-refractivity contribution >= 4 is 10.0 Å². The van der Waals surface area contributed by atoms with Crippen molar-refractivity contribution in [1.29, 1.82) is 0 Å². The van der Waals surface area contributed by atoms with Crippen LogP contribution in [0.15, 0.2) is 0 Å². The molecule has 1 aliphatic rings. The lowest BCUT2D eigenvalue weighted by Gasteiger charge is -2.13. The van der Waals surface area contributed by atoms with Crippen molar-refractivity contribution in [2.75, 3.05) is 6.54 Å². The minimum atomic E-state index is -3.09. The molecule has 1 saturated carbocycles. The Hall–Kier alpha value is -0.130. The van der Waals surface area contributed by atoms with Gasteiger partial charge in [-0.2, -0.15) is 0 Å². The van der Waals surface area contributed by atoms with Crippen LogP contribution in [-0.4, -0.2) is 26.3 Å². The maximum Gasteiger partial charge on any atom is 0.213 e. The van der Waals surface area contributed by atoms with Crippen LogP contribution in [0.2, 0.25) is 0 Å². The number of hydrogen-bond acceptors (Lipinski definition) is 3. The fraction of sp³-hybridized carbons (Fsp3) is 1.00. The molecule has 1 aliphatic carbocycles. The van der Waals surface area contributed by atoms with Gasteiger partial charge in [-0.1, -0.05) is 0 Å². The Balaban J connectivity index is 2.34. The summed E-state index contributed by atoms with van der Waals surface area (Å²) in [4.78, 5) is 0. The highest BCUT2D eigenvalue weighted by molar-refractivity contribution is 7.90. The van der Waals surface area contributed by atoms with E-state index < -0.39 is 10.0 Å². The van der Waals surface area contributed by atoms with Gasteiger partial charge in [0.05, 0.1) is 5.25 Å². The van der Waals surface area contributed by atoms with Gasteiger partial charge in [-0.3, -0.25) is 0 Å². The molecule has 1 fully saturated rings. The number of sulfonamides is 1. The summed E-state index contributed by atoms with van der Waals surface area (Å²) >= 11 is 0. The second kappa shape index (κ2) is 4.59. The van der Waals surface area contributed by atoms with Gasteiger partial charge in [0.1, 0.15) is 0 Å². The van der Waals surface area contributed by atoms with E-state index in [4.69, 9.17) is 5.73 Å². The molecule has 3 N–H and O–H groups in total. The molecule has 0 saturated heterocycles. The summed E-state index contributed by atoms with van der Waals surface area (Å²) in [5.41, 5.74) is 5.75. The van der Waals surface area contributed by atoms with E-state index in [9.17, 15) is 8.42 Å². The molecule has 0 heterocycles. The fourth-order valence-corrected chi connectivity index (χ4v) is 2.50. The predicted octanol–water partition coefficient (Wildman–Crippen LogP) is 0.442. The largest absolute Gasteiger partial charge is 0.328 e. The number of hydrogen-bond donors (Lipinski definition) is 2. The van der Waals surface area contributed by atoms with Gasteiger partial charge in [0.2, 0.25) is 10.0 Å². The molecule has 0 radical (unpaired) electrons. The molecule has 0 amide bonds. The van der Waals surface area contributed by atoms with Crippen LogP contribution < -0.4 is 10.5 Å². The number of rotatable bonds is 4. The van der Waals surface area contributed by atoms with Crippen LogP contribution in [0, 0.1) is 5.92 Å². The normalized spacial score (nSPS) is 28.6. The summed E-state index contributed by atoms with van der Waals surface area (Å²) in [6.07, 6.45) is 3.01. The van der Waals surface area contributed by atoms with Crippen LogP contribution in [0.1, 0.15) is 33.1 Å². The first-order chi connectivity index (χ1) is 6.42. The van der Waals surface area contributed by atoms with E-state index in [0.29, 0.717) is 12.5 Å². The maximum atomic E-state index is 11.4. The Kier molecular flexibility index (Phi) is 3.92. The molecule has 4 nitrogen and oxygen atoms in total. The molecule has 0 aromatic rings. The summed E-state index contributed by atoms with van der Waals surface area (Å²) in [5, 5.41) is -0.349. The summed E-state index contributed by atoms with van der Waals surface area (Å²) in [6, 6.07) is 0.267. The van der Waals surface area contributed by atoms with Gasteiger partial charge in [-0.05, 0) is 39.0 Å². The summed E-state index contributed by atoms with van der Waals surface area (Å²) < 4.78 is 25.5. The van der Waals surface area contributed by atoms with Gasteiger partial charge in [-0.15, -0.1) is 0 Å². The van der Waals surface area contributed by atoms with E-state index in [2.05, 4.69) is 4.72 Å². The third kappa shape index (κ3) is 3.22. The lowest BCUT2D eigenvalue weighted by molar-refractivity contribution is 0.509. The standard InChI is InChI=1S/C9H20N2O2S/c1-7(2)14(12,13)11-6-8-3-4-9(10)5-8/h7-9,11H,3-6,10H2,1-2H3/t8-,9+/m1/s1. The van der Waals surface area contributed by atoms with Crippen LogP contribution in [0.25, 0.3) is 0 Å². The first-order valence-electron chi connectivity index (χ1n) is 5.16. The van der Waals surface area contributed by atoms with Crippen LogP contribution >= 0.6 is 0 Å². The average molecular weight is 220 g/mol. The van der Waals surface area contributed by atoms with E-state index in [-0.39, 0.29) is 11.3 Å². The first kappa shape index (κ1) is 11.9. The molecular formula is C9H20N2O2S. The molecule has 2 atom stereocenters. The monoisotopic (exact) mass is 220 g/mol. The Bertz CT molecular complexity index is 275. The van der Waals surface area contributed by atoms with Crippen LogP contribution in [-0.2, 0) is 10.0 Å². The third-order valence-electron chi connectivity index (χ3n) is 2.78. The third-order valence-corrected chi connectivity index (χ3v) is 4.59. The smallest absolute Gasteiger partial charge is 0.213 e. The quantitative estimate of drug-likeness (QED) is 0.722. The molecule has 14 heavy (non-hydrogen) atoms. The second-order valence-corrected chi connectivity index (χ2v) is 6.70. The highest BCUT2D eigenvalue weighted by Crippen LogP contribution is 2.23. The zero-order valence-corrected chi connectivity index (χ0v) is 9.68. The number of nitrogens with one attached hydrogen (secondary N) is 1. The highest BCUT2D eigenvalue weighted by Gasteiger charge is 2.24. The van der Waals surface area contributed by atoms with Crippen molar-refractivity contribution < 1.29 is 8.42 Å². The van der Waals surface area contributed by atoms with E-state index in [1.54, 1.807) is 13.8 Å². The lowest BCUT2D eigenvalue weighted by atomic mass is 10.1. The van der Waals surface area contributed by atoms with E-state index >= 15 is 0 Å². The summed E-state index contributed by atoms with van der Waals surface area (Å²) in [5.74, 6) is 0.429. The van der Waals surface area contributed by atoms with E-state index in [0.717, 1.165) is 19.3 Å². The minimum Gasteiger partial charge on any atom is -0.328 e. The first-order valence-corrected chi connectivity index (χ1v) is 6.70. The fourth-order valence-electron chi connectivity index (χ4n) is 1.70.